The first-order valence-electron chi connectivity index (χ1n) is 6.45. The molecule has 0 aliphatic carbocycles. The molecule has 0 fully saturated rings. The Labute approximate surface area is 128 Å². The summed E-state index contributed by atoms with van der Waals surface area (Å²) in [6, 6.07) is 5.53. The Morgan fingerprint density at radius 1 is 1.30 bits per heavy atom. The number of pyridine rings is 2. The van der Waals surface area contributed by atoms with Crippen LogP contribution in [0.5, 0.6) is 5.88 Å². The van der Waals surface area contributed by atoms with Crippen molar-refractivity contribution in [1.29, 1.82) is 0 Å². The van der Waals surface area contributed by atoms with Crippen molar-refractivity contribution < 1.29 is 22.7 Å². The smallest absolute Gasteiger partial charge is 0.422 e. The molecule has 9 heteroatoms. The van der Waals surface area contributed by atoms with E-state index in [4.69, 9.17) is 0 Å². The van der Waals surface area contributed by atoms with Gasteiger partial charge in [0.1, 0.15) is 0 Å². The lowest BCUT2D eigenvalue weighted by Crippen LogP contribution is -2.25. The number of hydrogen-bond donors (Lipinski definition) is 2. The van der Waals surface area contributed by atoms with Gasteiger partial charge >= 0.3 is 6.18 Å². The molecule has 0 atom stereocenters. The van der Waals surface area contributed by atoms with E-state index in [1.165, 1.54) is 36.7 Å². The molecule has 0 aliphatic heterocycles. The molecule has 2 rings (SSSR count). The van der Waals surface area contributed by atoms with Crippen LogP contribution in [0.4, 0.5) is 13.2 Å². The molecule has 6 nitrogen and oxygen atoms in total. The van der Waals surface area contributed by atoms with E-state index in [9.17, 15) is 22.8 Å². The first kappa shape index (κ1) is 16.5. The molecule has 0 radical (unpaired) electrons. The highest BCUT2D eigenvalue weighted by Gasteiger charge is 2.29. The summed E-state index contributed by atoms with van der Waals surface area (Å²) in [5, 5.41) is 2.51. The summed E-state index contributed by atoms with van der Waals surface area (Å²) in [6.07, 6.45) is -1.95. The van der Waals surface area contributed by atoms with Gasteiger partial charge in [-0.15, -0.1) is 0 Å². The fourth-order valence-corrected chi connectivity index (χ4v) is 1.67. The number of halogens is 3. The topological polar surface area (TPSA) is 84.1 Å². The Morgan fingerprint density at radius 3 is 2.74 bits per heavy atom. The largest absolute Gasteiger partial charge is 0.468 e. The molecule has 2 heterocycles. The SMILES string of the molecule is O=C(NCc1cccnc1OCC(F)(F)F)c1ccc(=O)[nH]c1. The van der Waals surface area contributed by atoms with Gasteiger partial charge in [-0.3, -0.25) is 9.59 Å². The summed E-state index contributed by atoms with van der Waals surface area (Å²) in [5.41, 5.74) is 0.164. The van der Waals surface area contributed by atoms with Gasteiger partial charge in [0.2, 0.25) is 11.4 Å². The summed E-state index contributed by atoms with van der Waals surface area (Å²) in [7, 11) is 0. The molecule has 2 aromatic heterocycles. The number of H-pyrrole nitrogens is 1. The number of nitrogens with one attached hydrogen (secondary N) is 2. The Kier molecular flexibility index (Phi) is 4.99. The highest BCUT2D eigenvalue weighted by molar-refractivity contribution is 5.93. The molecule has 122 valence electrons. The van der Waals surface area contributed by atoms with Crippen LogP contribution in [-0.2, 0) is 6.54 Å². The van der Waals surface area contributed by atoms with E-state index in [1.807, 2.05) is 0 Å². The zero-order chi connectivity index (χ0) is 16.9. The second kappa shape index (κ2) is 6.95. The van der Waals surface area contributed by atoms with Crippen LogP contribution in [0.1, 0.15) is 15.9 Å². The van der Waals surface area contributed by atoms with Gasteiger partial charge in [-0.05, 0) is 12.1 Å². The molecule has 0 aromatic carbocycles. The minimum absolute atomic E-state index is 0.0704. The van der Waals surface area contributed by atoms with Crippen LogP contribution in [0.3, 0.4) is 0 Å². The number of alkyl halides is 3. The van der Waals surface area contributed by atoms with Crippen LogP contribution < -0.4 is 15.6 Å². The third-order valence-corrected chi connectivity index (χ3v) is 2.71. The number of hydrogen-bond acceptors (Lipinski definition) is 4. The monoisotopic (exact) mass is 327 g/mol. The van der Waals surface area contributed by atoms with Crippen LogP contribution in [0, 0.1) is 0 Å². The van der Waals surface area contributed by atoms with Gasteiger partial charge in [-0.1, -0.05) is 6.07 Å². The van der Waals surface area contributed by atoms with Crippen molar-refractivity contribution in [3.63, 3.8) is 0 Å². The average Bonchev–Trinajstić information content (AvgIpc) is 2.51. The number of aromatic amines is 1. The van der Waals surface area contributed by atoms with Crippen molar-refractivity contribution in [3.05, 3.63) is 58.1 Å². The first-order valence-corrected chi connectivity index (χ1v) is 6.45. The van der Waals surface area contributed by atoms with Crippen molar-refractivity contribution in [3.8, 4) is 5.88 Å². The summed E-state index contributed by atoms with van der Waals surface area (Å²) < 4.78 is 41.2. The Bertz CT molecular complexity index is 723. The third-order valence-electron chi connectivity index (χ3n) is 2.71. The summed E-state index contributed by atoms with van der Waals surface area (Å²) in [4.78, 5) is 28.9. The second-order valence-corrected chi connectivity index (χ2v) is 4.50. The number of nitrogens with zero attached hydrogens (tertiary/aromatic N) is 1. The molecule has 23 heavy (non-hydrogen) atoms. The normalized spacial score (nSPS) is 11.1. The molecule has 0 saturated carbocycles. The van der Waals surface area contributed by atoms with E-state index in [-0.39, 0.29) is 23.5 Å². The Balaban J connectivity index is 2.01. The lowest BCUT2D eigenvalue weighted by molar-refractivity contribution is -0.154. The highest BCUT2D eigenvalue weighted by Crippen LogP contribution is 2.19. The fourth-order valence-electron chi connectivity index (χ4n) is 1.67. The molecular weight excluding hydrogens is 315 g/mol. The van der Waals surface area contributed by atoms with Crippen LogP contribution in [0.2, 0.25) is 0 Å². The van der Waals surface area contributed by atoms with E-state index in [0.29, 0.717) is 5.56 Å². The van der Waals surface area contributed by atoms with Gasteiger partial charge in [-0.25, -0.2) is 4.98 Å². The van der Waals surface area contributed by atoms with Crippen molar-refractivity contribution in [1.82, 2.24) is 15.3 Å². The molecule has 0 unspecified atom stereocenters. The highest BCUT2D eigenvalue weighted by atomic mass is 19.4. The number of ether oxygens (including phenoxy) is 1. The van der Waals surface area contributed by atoms with Crippen molar-refractivity contribution in [2.24, 2.45) is 0 Å². The number of carbonyl (C=O) groups excluding carboxylic acids is 1. The lowest BCUT2D eigenvalue weighted by atomic mass is 10.2. The predicted molar refractivity (Wildman–Crippen MR) is 74.0 cm³/mol. The predicted octanol–water partition coefficient (Wildman–Crippen LogP) is 1.64. The Morgan fingerprint density at radius 2 is 2.09 bits per heavy atom. The number of rotatable bonds is 5. The van der Waals surface area contributed by atoms with Gasteiger partial charge in [-0.2, -0.15) is 13.2 Å². The van der Waals surface area contributed by atoms with Crippen LogP contribution in [0.25, 0.3) is 0 Å². The van der Waals surface area contributed by atoms with E-state index < -0.39 is 18.7 Å². The van der Waals surface area contributed by atoms with Gasteiger partial charge < -0.3 is 15.0 Å². The van der Waals surface area contributed by atoms with Crippen LogP contribution >= 0.6 is 0 Å². The molecule has 0 saturated heterocycles. The van der Waals surface area contributed by atoms with E-state index >= 15 is 0 Å². The minimum atomic E-state index is -4.48. The zero-order valence-electron chi connectivity index (χ0n) is 11.7. The average molecular weight is 327 g/mol. The maximum Gasteiger partial charge on any atom is 0.422 e. The Hall–Kier alpha value is -2.84. The third kappa shape index (κ3) is 5.13. The van der Waals surface area contributed by atoms with Gasteiger partial charge in [0.05, 0.1) is 5.56 Å². The number of carbonyl (C=O) groups is 1. The first-order chi connectivity index (χ1) is 10.8. The van der Waals surface area contributed by atoms with Gasteiger partial charge in [0.15, 0.2) is 6.61 Å². The van der Waals surface area contributed by atoms with Crippen molar-refractivity contribution in [2.75, 3.05) is 6.61 Å². The summed E-state index contributed by atoms with van der Waals surface area (Å²) in [5.74, 6) is -0.696. The van der Waals surface area contributed by atoms with E-state index in [1.54, 1.807) is 0 Å². The van der Waals surface area contributed by atoms with Crippen LogP contribution in [-0.4, -0.2) is 28.7 Å². The zero-order valence-corrected chi connectivity index (χ0v) is 11.7. The molecule has 2 aromatic rings. The van der Waals surface area contributed by atoms with E-state index in [2.05, 4.69) is 20.0 Å². The number of aromatic nitrogens is 2. The molecular formula is C14H12F3N3O3. The number of amides is 1. The minimum Gasteiger partial charge on any atom is -0.468 e. The second-order valence-electron chi connectivity index (χ2n) is 4.50. The van der Waals surface area contributed by atoms with E-state index in [0.717, 1.165) is 0 Å². The van der Waals surface area contributed by atoms with Gasteiger partial charge in [0.25, 0.3) is 5.91 Å². The molecule has 2 N–H and O–H groups in total. The lowest BCUT2D eigenvalue weighted by Gasteiger charge is -2.12. The molecule has 0 aliphatic rings. The van der Waals surface area contributed by atoms with Crippen molar-refractivity contribution >= 4 is 5.91 Å². The molecule has 1 amide bonds. The maximum atomic E-state index is 12.2. The quantitative estimate of drug-likeness (QED) is 0.874. The maximum absolute atomic E-state index is 12.2. The molecule has 0 bridgehead atoms. The fraction of sp³-hybridized carbons (Fsp3) is 0.214. The van der Waals surface area contributed by atoms with Crippen molar-refractivity contribution in [2.45, 2.75) is 12.7 Å². The summed E-state index contributed by atoms with van der Waals surface area (Å²) >= 11 is 0. The molecule has 0 spiro atoms. The summed E-state index contributed by atoms with van der Waals surface area (Å²) in [6.45, 7) is -1.54. The van der Waals surface area contributed by atoms with Gasteiger partial charge in [0, 0.05) is 30.6 Å². The van der Waals surface area contributed by atoms with Crippen LogP contribution in [0.15, 0.2) is 41.5 Å². The standard InChI is InChI=1S/C14H12F3N3O3/c15-14(16,17)8-23-13-10(2-1-5-18-13)7-20-12(22)9-3-4-11(21)19-6-9/h1-6H,7-8H2,(H,19,21)(H,20,22).